The number of nitrogens with two attached hydrogens (primary N) is 1. The molecule has 116 valence electrons. The third kappa shape index (κ3) is 5.34. The number of halogens is 2. The van der Waals surface area contributed by atoms with Crippen molar-refractivity contribution in [2.24, 2.45) is 16.8 Å². The number of nitrogens with zero attached hydrogens (tertiary/aromatic N) is 2. The summed E-state index contributed by atoms with van der Waals surface area (Å²) in [4.78, 5) is 14.2. The molecule has 0 saturated carbocycles. The molecule has 21 heavy (non-hydrogen) atoms. The van der Waals surface area contributed by atoms with Crippen LogP contribution in [0.25, 0.3) is 0 Å². The predicted octanol–water partition coefficient (Wildman–Crippen LogP) is 2.82. The van der Waals surface area contributed by atoms with E-state index in [1.54, 1.807) is 4.90 Å². The van der Waals surface area contributed by atoms with Gasteiger partial charge in [-0.2, -0.15) is 0 Å². The highest BCUT2D eigenvalue weighted by atomic mass is 79.9. The van der Waals surface area contributed by atoms with Crippen LogP contribution in [-0.4, -0.2) is 34.9 Å². The zero-order chi connectivity index (χ0) is 16.0. The van der Waals surface area contributed by atoms with Crippen LogP contribution in [0.4, 0.5) is 4.39 Å². The molecule has 0 radical (unpaired) electrons. The summed E-state index contributed by atoms with van der Waals surface area (Å²) in [5.41, 5.74) is 5.83. The molecule has 0 aliphatic heterocycles. The molecule has 7 heteroatoms. The van der Waals surface area contributed by atoms with Crippen LogP contribution in [0.5, 0.6) is 0 Å². The Morgan fingerprint density at radius 1 is 1.52 bits per heavy atom. The molecule has 0 saturated heterocycles. The van der Waals surface area contributed by atoms with Gasteiger partial charge in [-0.3, -0.25) is 4.79 Å². The number of carbonyl (C=O) groups is 1. The predicted molar refractivity (Wildman–Crippen MR) is 82.9 cm³/mol. The molecule has 3 N–H and O–H groups in total. The Hall–Kier alpha value is -1.63. The topological polar surface area (TPSA) is 78.9 Å². The molecule has 0 fully saturated rings. The van der Waals surface area contributed by atoms with E-state index in [9.17, 15) is 9.18 Å². The first-order valence-electron chi connectivity index (χ1n) is 6.55. The zero-order valence-corrected chi connectivity index (χ0v) is 13.6. The van der Waals surface area contributed by atoms with Crippen LogP contribution in [0.15, 0.2) is 27.8 Å². The van der Waals surface area contributed by atoms with Crippen molar-refractivity contribution in [3.63, 3.8) is 0 Å². The van der Waals surface area contributed by atoms with Crippen LogP contribution >= 0.6 is 15.9 Å². The first-order chi connectivity index (χ1) is 9.85. The van der Waals surface area contributed by atoms with Gasteiger partial charge in [0.1, 0.15) is 11.7 Å². The van der Waals surface area contributed by atoms with Gasteiger partial charge in [0.05, 0.1) is 5.56 Å². The van der Waals surface area contributed by atoms with E-state index in [0.29, 0.717) is 23.1 Å². The van der Waals surface area contributed by atoms with Crippen LogP contribution in [0.3, 0.4) is 0 Å². The second kappa shape index (κ2) is 7.97. The van der Waals surface area contributed by atoms with Gasteiger partial charge in [0.2, 0.25) is 0 Å². The van der Waals surface area contributed by atoms with Gasteiger partial charge < -0.3 is 15.8 Å². The molecule has 1 amide bonds. The Bertz CT molecular complexity index is 535. The number of hydrogen-bond donors (Lipinski definition) is 2. The zero-order valence-electron chi connectivity index (χ0n) is 12.0. The first-order valence-corrected chi connectivity index (χ1v) is 7.35. The summed E-state index contributed by atoms with van der Waals surface area (Å²) in [7, 11) is 0. The summed E-state index contributed by atoms with van der Waals surface area (Å²) in [6.07, 6.45) is 0.272. The molecular weight excluding hydrogens is 341 g/mol. The number of hydrogen-bond acceptors (Lipinski definition) is 3. The van der Waals surface area contributed by atoms with Gasteiger partial charge in [0.15, 0.2) is 0 Å². The maximum absolute atomic E-state index is 13.1. The van der Waals surface area contributed by atoms with E-state index in [-0.39, 0.29) is 24.1 Å². The lowest BCUT2D eigenvalue weighted by atomic mass is 10.1. The number of amides is 1. The second-order valence-electron chi connectivity index (χ2n) is 5.11. The summed E-state index contributed by atoms with van der Waals surface area (Å²) in [5.74, 6) is -0.304. The van der Waals surface area contributed by atoms with Crippen LogP contribution in [0, 0.1) is 11.7 Å². The van der Waals surface area contributed by atoms with Crippen LogP contribution in [0.2, 0.25) is 0 Å². The largest absolute Gasteiger partial charge is 0.409 e. The second-order valence-corrected chi connectivity index (χ2v) is 5.96. The molecule has 0 bridgehead atoms. The molecule has 0 spiro atoms. The normalized spacial score (nSPS) is 11.8. The van der Waals surface area contributed by atoms with Crippen molar-refractivity contribution < 1.29 is 14.4 Å². The summed E-state index contributed by atoms with van der Waals surface area (Å²) < 4.78 is 13.5. The van der Waals surface area contributed by atoms with Crippen molar-refractivity contribution in [2.45, 2.75) is 20.3 Å². The van der Waals surface area contributed by atoms with Gasteiger partial charge in [-0.1, -0.05) is 19.0 Å². The molecule has 0 aromatic heterocycles. The standard InChI is InChI=1S/C14H19BrFN3O2/c1-9(2)8-19(6-5-13(17)18-21)14(20)11-4-3-10(16)7-12(11)15/h3-4,7,9,21H,5-6,8H2,1-2H3,(H2,17,18). The van der Waals surface area contributed by atoms with Crippen molar-refractivity contribution >= 4 is 27.7 Å². The molecule has 0 heterocycles. The third-order valence-electron chi connectivity index (χ3n) is 2.80. The Morgan fingerprint density at radius 2 is 2.19 bits per heavy atom. The fourth-order valence-electron chi connectivity index (χ4n) is 1.85. The molecule has 0 unspecified atom stereocenters. The molecular formula is C14H19BrFN3O2. The van der Waals surface area contributed by atoms with Gasteiger partial charge in [-0.15, -0.1) is 0 Å². The summed E-state index contributed by atoms with van der Waals surface area (Å²) in [5, 5.41) is 11.5. The minimum atomic E-state index is -0.412. The van der Waals surface area contributed by atoms with E-state index in [0.717, 1.165) is 0 Å². The Morgan fingerprint density at radius 3 is 2.71 bits per heavy atom. The fraction of sp³-hybridized carbons (Fsp3) is 0.429. The Kier molecular flexibility index (Phi) is 6.61. The average molecular weight is 360 g/mol. The van der Waals surface area contributed by atoms with Crippen LogP contribution in [0.1, 0.15) is 30.6 Å². The maximum Gasteiger partial charge on any atom is 0.255 e. The molecule has 1 aromatic carbocycles. The summed E-state index contributed by atoms with van der Waals surface area (Å²) in [6.45, 7) is 4.84. The highest BCUT2D eigenvalue weighted by Gasteiger charge is 2.19. The highest BCUT2D eigenvalue weighted by Crippen LogP contribution is 2.20. The Balaban J connectivity index is 2.93. The van der Waals surface area contributed by atoms with Crippen molar-refractivity contribution in [2.75, 3.05) is 13.1 Å². The third-order valence-corrected chi connectivity index (χ3v) is 3.46. The van der Waals surface area contributed by atoms with Gasteiger partial charge in [0, 0.05) is 24.0 Å². The van der Waals surface area contributed by atoms with E-state index < -0.39 is 5.82 Å². The number of amidine groups is 1. The average Bonchev–Trinajstić information content (AvgIpc) is 2.42. The van der Waals surface area contributed by atoms with E-state index in [1.165, 1.54) is 18.2 Å². The number of benzene rings is 1. The number of oxime groups is 1. The number of carbonyl (C=O) groups excluding carboxylic acids is 1. The molecule has 0 aliphatic rings. The van der Waals surface area contributed by atoms with Gasteiger partial charge in [-0.05, 0) is 40.0 Å². The highest BCUT2D eigenvalue weighted by molar-refractivity contribution is 9.10. The van der Waals surface area contributed by atoms with Crippen LogP contribution in [-0.2, 0) is 0 Å². The SMILES string of the molecule is CC(C)CN(CCC(N)=NO)C(=O)c1ccc(F)cc1Br. The lowest BCUT2D eigenvalue weighted by Gasteiger charge is -2.25. The van der Waals surface area contributed by atoms with Gasteiger partial charge >= 0.3 is 0 Å². The molecule has 0 aliphatic carbocycles. The van der Waals surface area contributed by atoms with Gasteiger partial charge in [-0.25, -0.2) is 4.39 Å². The lowest BCUT2D eigenvalue weighted by Crippen LogP contribution is -2.37. The minimum Gasteiger partial charge on any atom is -0.409 e. The van der Waals surface area contributed by atoms with Crippen molar-refractivity contribution in [3.8, 4) is 0 Å². The smallest absolute Gasteiger partial charge is 0.255 e. The van der Waals surface area contributed by atoms with Gasteiger partial charge in [0.25, 0.3) is 5.91 Å². The molecule has 5 nitrogen and oxygen atoms in total. The minimum absolute atomic E-state index is 0.0646. The quantitative estimate of drug-likeness (QED) is 0.354. The molecule has 1 aromatic rings. The maximum atomic E-state index is 13.1. The monoisotopic (exact) mass is 359 g/mol. The summed E-state index contributed by atoms with van der Waals surface area (Å²) >= 11 is 3.20. The first kappa shape index (κ1) is 17.4. The number of rotatable bonds is 6. The lowest BCUT2D eigenvalue weighted by molar-refractivity contribution is 0.0739. The van der Waals surface area contributed by atoms with E-state index in [4.69, 9.17) is 10.9 Å². The fourth-order valence-corrected chi connectivity index (χ4v) is 2.37. The van der Waals surface area contributed by atoms with Crippen molar-refractivity contribution in [1.29, 1.82) is 0 Å². The van der Waals surface area contributed by atoms with Crippen molar-refractivity contribution in [3.05, 3.63) is 34.1 Å². The Labute approximate surface area is 131 Å². The van der Waals surface area contributed by atoms with Crippen molar-refractivity contribution in [1.82, 2.24) is 4.90 Å². The van der Waals surface area contributed by atoms with E-state index >= 15 is 0 Å². The van der Waals surface area contributed by atoms with Crippen LogP contribution < -0.4 is 5.73 Å². The summed E-state index contributed by atoms with van der Waals surface area (Å²) in [6, 6.07) is 3.94. The van der Waals surface area contributed by atoms with E-state index in [2.05, 4.69) is 21.1 Å². The molecule has 1 rings (SSSR count). The molecule has 0 atom stereocenters. The van der Waals surface area contributed by atoms with E-state index in [1.807, 2.05) is 13.8 Å².